The molecule has 2 aliphatic heterocycles. The number of aryl methyl sites for hydroxylation is 1. The minimum absolute atomic E-state index is 0.109. The van der Waals surface area contributed by atoms with Crippen molar-refractivity contribution in [2.24, 2.45) is 0 Å². The maximum absolute atomic E-state index is 11.7. The van der Waals surface area contributed by atoms with Crippen LogP contribution in [-0.4, -0.2) is 91.0 Å². The van der Waals surface area contributed by atoms with Crippen LogP contribution in [0, 0.1) is 0 Å². The van der Waals surface area contributed by atoms with E-state index in [1.807, 2.05) is 28.0 Å². The Morgan fingerprint density at radius 2 is 1.40 bits per heavy atom. The molecule has 2 amide bonds. The van der Waals surface area contributed by atoms with Gasteiger partial charge in [0.2, 0.25) is 17.8 Å². The van der Waals surface area contributed by atoms with Crippen LogP contribution >= 0.6 is 11.6 Å². The number of benzene rings is 2. The Hall–Kier alpha value is -4.25. The molecule has 0 aliphatic carbocycles. The molecule has 0 bridgehead atoms. The van der Waals surface area contributed by atoms with Gasteiger partial charge in [0.25, 0.3) is 0 Å². The highest BCUT2D eigenvalue weighted by molar-refractivity contribution is 6.32. The van der Waals surface area contributed by atoms with Crippen molar-refractivity contribution in [3.8, 4) is 5.75 Å². The lowest BCUT2D eigenvalue weighted by Crippen LogP contribution is -2.48. The van der Waals surface area contributed by atoms with Gasteiger partial charge in [0.05, 0.1) is 19.0 Å². The summed E-state index contributed by atoms with van der Waals surface area (Å²) in [6, 6.07) is 12.3. The first kappa shape index (κ1) is 30.2. The quantitative estimate of drug-likeness (QED) is 0.383. The summed E-state index contributed by atoms with van der Waals surface area (Å²) in [4.78, 5) is 40.8. The van der Waals surface area contributed by atoms with E-state index in [1.54, 1.807) is 27.2 Å². The predicted octanol–water partition coefficient (Wildman–Crippen LogP) is 4.53. The summed E-state index contributed by atoms with van der Waals surface area (Å²) in [6.07, 6.45) is 2.40. The number of carbonyl (C=O) groups excluding carboxylic acids is 2. The van der Waals surface area contributed by atoms with Crippen molar-refractivity contribution in [3.63, 3.8) is 0 Å². The van der Waals surface area contributed by atoms with Gasteiger partial charge in [0, 0.05) is 89.3 Å². The highest BCUT2D eigenvalue weighted by Gasteiger charge is 2.21. The molecule has 11 nitrogen and oxygen atoms in total. The number of methoxy groups -OCH3 is 1. The zero-order chi connectivity index (χ0) is 30.5. The highest BCUT2D eigenvalue weighted by Crippen LogP contribution is 2.34. The van der Waals surface area contributed by atoms with E-state index >= 15 is 0 Å². The molecule has 0 spiro atoms. The minimum Gasteiger partial charge on any atom is -0.494 e. The van der Waals surface area contributed by atoms with Crippen molar-refractivity contribution in [3.05, 3.63) is 53.2 Å². The molecule has 2 saturated heterocycles. The Bertz CT molecular complexity index is 1470. The number of amides is 2. The summed E-state index contributed by atoms with van der Waals surface area (Å²) < 4.78 is 5.69. The number of carbonyl (C=O) groups is 2. The fourth-order valence-electron chi connectivity index (χ4n) is 5.49. The van der Waals surface area contributed by atoms with Crippen molar-refractivity contribution in [1.29, 1.82) is 0 Å². The first-order valence-electron chi connectivity index (χ1n) is 14.6. The van der Waals surface area contributed by atoms with Crippen LogP contribution in [0.4, 0.5) is 34.5 Å². The van der Waals surface area contributed by atoms with Crippen LogP contribution in [-0.2, 0) is 16.0 Å². The molecule has 0 saturated carbocycles. The van der Waals surface area contributed by atoms with Gasteiger partial charge in [-0.15, -0.1) is 0 Å². The Kier molecular flexibility index (Phi) is 9.40. The number of halogens is 1. The van der Waals surface area contributed by atoms with Gasteiger partial charge >= 0.3 is 0 Å². The zero-order valence-electron chi connectivity index (χ0n) is 25.2. The van der Waals surface area contributed by atoms with Crippen LogP contribution in [0.2, 0.25) is 5.02 Å². The lowest BCUT2D eigenvalue weighted by Gasteiger charge is -2.36. The van der Waals surface area contributed by atoms with E-state index in [4.69, 9.17) is 16.3 Å². The Morgan fingerprint density at radius 3 is 1.93 bits per heavy atom. The molecule has 228 valence electrons. The summed E-state index contributed by atoms with van der Waals surface area (Å²) in [5, 5.41) is 7.08. The number of nitrogens with zero attached hydrogens (tertiary/aromatic N) is 6. The van der Waals surface area contributed by atoms with E-state index in [2.05, 4.69) is 55.5 Å². The molecule has 0 unspecified atom stereocenters. The third kappa shape index (κ3) is 7.05. The molecule has 0 radical (unpaired) electrons. The third-order valence-corrected chi connectivity index (χ3v) is 8.36. The number of nitrogens with one attached hydrogen (secondary N) is 2. The number of aromatic nitrogens is 2. The summed E-state index contributed by atoms with van der Waals surface area (Å²) >= 11 is 6.52. The van der Waals surface area contributed by atoms with Crippen LogP contribution in [0.3, 0.4) is 0 Å². The summed E-state index contributed by atoms with van der Waals surface area (Å²) in [5.41, 5.74) is 4.95. The molecule has 43 heavy (non-hydrogen) atoms. The summed E-state index contributed by atoms with van der Waals surface area (Å²) in [7, 11) is 1.63. The van der Waals surface area contributed by atoms with Crippen LogP contribution in [0.15, 0.2) is 42.6 Å². The van der Waals surface area contributed by atoms with E-state index in [0.717, 1.165) is 74.0 Å². The van der Waals surface area contributed by atoms with Crippen LogP contribution in [0.25, 0.3) is 0 Å². The minimum atomic E-state index is 0.109. The number of hydrogen-bond acceptors (Lipinski definition) is 9. The van der Waals surface area contributed by atoms with Crippen LogP contribution in [0.5, 0.6) is 5.75 Å². The van der Waals surface area contributed by atoms with Gasteiger partial charge < -0.3 is 35.0 Å². The molecule has 2 fully saturated rings. The lowest BCUT2D eigenvalue weighted by molar-refractivity contribution is -0.129. The van der Waals surface area contributed by atoms with E-state index in [9.17, 15) is 9.59 Å². The van der Waals surface area contributed by atoms with Crippen molar-refractivity contribution < 1.29 is 14.3 Å². The largest absolute Gasteiger partial charge is 0.494 e. The molecule has 12 heteroatoms. The number of anilines is 6. The molecule has 2 N–H and O–H groups in total. The Labute approximate surface area is 257 Å². The summed E-state index contributed by atoms with van der Waals surface area (Å²) in [6.45, 7) is 11.4. The number of ether oxygens (including phenoxy) is 1. The molecule has 1 aromatic heterocycles. The van der Waals surface area contributed by atoms with Gasteiger partial charge in [0.15, 0.2) is 5.82 Å². The first-order valence-corrected chi connectivity index (χ1v) is 15.0. The molecule has 0 atom stereocenters. The summed E-state index contributed by atoms with van der Waals surface area (Å²) in [5.74, 6) is 1.77. The van der Waals surface area contributed by atoms with Gasteiger partial charge in [-0.25, -0.2) is 4.98 Å². The standard InChI is InChI=1S/C31H39ClN8O3/c1-5-23-18-24(39-14-10-37(11-15-39)21(2)41)6-8-27(23)34-30-26(32)20-33-31(36-30)35-28-9-7-25(19-29(28)43-4)40-16-12-38(13-17-40)22(3)42/h6-9,18-20H,5,10-17H2,1-4H3,(H2,33,34,35,36). The maximum atomic E-state index is 11.7. The fourth-order valence-corrected chi connectivity index (χ4v) is 5.63. The average molecular weight is 607 g/mol. The van der Waals surface area contributed by atoms with Crippen molar-refractivity contribution in [2.75, 3.05) is 79.9 Å². The second-order valence-electron chi connectivity index (χ2n) is 10.7. The highest BCUT2D eigenvalue weighted by atomic mass is 35.5. The van der Waals surface area contributed by atoms with Gasteiger partial charge in [-0.3, -0.25) is 9.59 Å². The molecule has 5 rings (SSSR count). The molecule has 2 aliphatic rings. The number of hydrogen-bond donors (Lipinski definition) is 2. The second kappa shape index (κ2) is 13.4. The van der Waals surface area contributed by atoms with Crippen LogP contribution < -0.4 is 25.2 Å². The van der Waals surface area contributed by atoms with Crippen molar-refractivity contribution >= 4 is 57.9 Å². The topological polar surface area (TPSA) is 106 Å². The molecular formula is C31H39ClN8O3. The second-order valence-corrected chi connectivity index (χ2v) is 11.1. The maximum Gasteiger partial charge on any atom is 0.229 e. The van der Waals surface area contributed by atoms with E-state index < -0.39 is 0 Å². The van der Waals surface area contributed by atoms with Crippen LogP contribution in [0.1, 0.15) is 26.3 Å². The monoisotopic (exact) mass is 606 g/mol. The predicted molar refractivity (Wildman–Crippen MR) is 171 cm³/mol. The third-order valence-electron chi connectivity index (χ3n) is 8.08. The van der Waals surface area contributed by atoms with E-state index in [-0.39, 0.29) is 11.8 Å². The molecule has 3 aromatic rings. The van der Waals surface area contributed by atoms with Gasteiger partial charge in [0.1, 0.15) is 10.8 Å². The molecular weight excluding hydrogens is 568 g/mol. The number of rotatable bonds is 8. The lowest BCUT2D eigenvalue weighted by atomic mass is 10.1. The van der Waals surface area contributed by atoms with Gasteiger partial charge in [-0.2, -0.15) is 4.98 Å². The van der Waals surface area contributed by atoms with Gasteiger partial charge in [-0.1, -0.05) is 18.5 Å². The Morgan fingerprint density at radius 1 is 0.837 bits per heavy atom. The van der Waals surface area contributed by atoms with E-state index in [0.29, 0.717) is 35.6 Å². The number of piperazine rings is 2. The zero-order valence-corrected chi connectivity index (χ0v) is 25.9. The fraction of sp³-hybridized carbons (Fsp3) is 0.419. The van der Waals surface area contributed by atoms with E-state index in [1.165, 1.54) is 0 Å². The van der Waals surface area contributed by atoms with Crippen molar-refractivity contribution in [2.45, 2.75) is 27.2 Å². The first-order chi connectivity index (χ1) is 20.7. The normalized spacial score (nSPS) is 15.4. The van der Waals surface area contributed by atoms with Gasteiger partial charge in [-0.05, 0) is 42.3 Å². The Balaban J connectivity index is 1.28. The van der Waals surface area contributed by atoms with Crippen molar-refractivity contribution in [1.82, 2.24) is 19.8 Å². The average Bonchev–Trinajstić information content (AvgIpc) is 3.03. The smallest absolute Gasteiger partial charge is 0.229 e. The SMILES string of the molecule is CCc1cc(N2CCN(C(C)=O)CC2)ccc1Nc1nc(Nc2ccc(N3CCN(C(C)=O)CC3)cc2OC)ncc1Cl. The molecule has 2 aromatic carbocycles. The molecule has 3 heterocycles.